The summed E-state index contributed by atoms with van der Waals surface area (Å²) < 4.78 is 2.09. The minimum absolute atomic E-state index is 0.753. The van der Waals surface area contributed by atoms with Crippen LogP contribution in [0.25, 0.3) is 16.6 Å². The summed E-state index contributed by atoms with van der Waals surface area (Å²) in [5.74, 6) is 0.976. The summed E-state index contributed by atoms with van der Waals surface area (Å²) >= 11 is 7.76. The largest absolute Gasteiger partial charge is 0.270 e. The van der Waals surface area contributed by atoms with E-state index in [1.54, 1.807) is 11.8 Å². The lowest BCUT2D eigenvalue weighted by molar-refractivity contribution is 0.941. The molecule has 0 amide bonds. The Hall–Kier alpha value is -1.26. The van der Waals surface area contributed by atoms with Gasteiger partial charge >= 0.3 is 0 Å². The maximum Gasteiger partial charge on any atom is 0.196 e. The van der Waals surface area contributed by atoms with Gasteiger partial charge in [-0.05, 0) is 42.5 Å². The Kier molecular flexibility index (Phi) is 2.92. The fourth-order valence-electron chi connectivity index (χ4n) is 2.11. The molecule has 18 heavy (non-hydrogen) atoms. The molecule has 3 aromatic rings. The normalized spacial score (nSPS) is 11.5. The summed E-state index contributed by atoms with van der Waals surface area (Å²) in [5.41, 5.74) is 3.16. The molecule has 0 bridgehead atoms. The van der Waals surface area contributed by atoms with E-state index in [0.29, 0.717) is 0 Å². The highest BCUT2D eigenvalue weighted by molar-refractivity contribution is 7.99. The first-order valence-electron chi connectivity index (χ1n) is 5.77. The molecule has 0 unspecified atom stereocenters. The van der Waals surface area contributed by atoms with Gasteiger partial charge in [0.25, 0.3) is 0 Å². The minimum atomic E-state index is 0.753. The molecule has 0 N–H and O–H groups in total. The topological polar surface area (TPSA) is 30.2 Å². The summed E-state index contributed by atoms with van der Waals surface area (Å²) in [6, 6.07) is 7.97. The minimum Gasteiger partial charge on any atom is -0.270 e. The van der Waals surface area contributed by atoms with Gasteiger partial charge in [0, 0.05) is 10.4 Å². The number of pyridine rings is 1. The molecule has 2 aromatic heterocycles. The molecule has 0 spiro atoms. The number of hydrogen-bond donors (Lipinski definition) is 0. The lowest BCUT2D eigenvalue weighted by atomic mass is 10.1. The fourth-order valence-corrected chi connectivity index (χ4v) is 2.96. The summed E-state index contributed by atoms with van der Waals surface area (Å²) in [6.45, 7) is 4.18. The zero-order valence-corrected chi connectivity index (χ0v) is 11.7. The zero-order valence-electron chi connectivity index (χ0n) is 10.1. The third kappa shape index (κ3) is 1.76. The van der Waals surface area contributed by atoms with Gasteiger partial charge in [0.15, 0.2) is 10.8 Å². The van der Waals surface area contributed by atoms with E-state index in [-0.39, 0.29) is 0 Å². The molecule has 0 radical (unpaired) electrons. The maximum absolute atomic E-state index is 6.07. The van der Waals surface area contributed by atoms with Crippen LogP contribution in [0, 0.1) is 6.92 Å². The first-order chi connectivity index (χ1) is 8.70. The second kappa shape index (κ2) is 4.44. The number of thioether (sulfide) groups is 1. The van der Waals surface area contributed by atoms with Crippen LogP contribution < -0.4 is 0 Å². The van der Waals surface area contributed by atoms with Crippen LogP contribution >= 0.6 is 23.4 Å². The SMILES string of the molecule is CCSc1nnc2cc(C)c3cc(Cl)ccc3n12. The number of rotatable bonds is 2. The Balaban J connectivity index is 2.45. The first kappa shape index (κ1) is 11.8. The van der Waals surface area contributed by atoms with Gasteiger partial charge in [0.1, 0.15) is 0 Å². The second-order valence-corrected chi connectivity index (χ2v) is 5.77. The molecule has 3 nitrogen and oxygen atoms in total. The van der Waals surface area contributed by atoms with E-state index in [2.05, 4.69) is 28.4 Å². The van der Waals surface area contributed by atoms with E-state index in [1.165, 1.54) is 5.56 Å². The molecule has 1 aromatic carbocycles. The molecule has 0 aliphatic heterocycles. The van der Waals surface area contributed by atoms with Gasteiger partial charge < -0.3 is 0 Å². The Labute approximate surface area is 114 Å². The smallest absolute Gasteiger partial charge is 0.196 e. The fraction of sp³-hybridized carbons (Fsp3) is 0.231. The molecule has 0 aliphatic rings. The summed E-state index contributed by atoms with van der Waals surface area (Å²) in [4.78, 5) is 0. The third-order valence-electron chi connectivity index (χ3n) is 2.90. The van der Waals surface area contributed by atoms with Crippen LogP contribution in [0.15, 0.2) is 29.4 Å². The van der Waals surface area contributed by atoms with Crippen molar-refractivity contribution in [3.8, 4) is 0 Å². The van der Waals surface area contributed by atoms with Crippen LogP contribution in [0.3, 0.4) is 0 Å². The van der Waals surface area contributed by atoms with E-state index in [4.69, 9.17) is 11.6 Å². The van der Waals surface area contributed by atoms with Crippen LogP contribution in [0.4, 0.5) is 0 Å². The molecule has 2 heterocycles. The van der Waals surface area contributed by atoms with E-state index in [0.717, 1.165) is 32.5 Å². The molecule has 3 rings (SSSR count). The van der Waals surface area contributed by atoms with Crippen molar-refractivity contribution in [2.75, 3.05) is 5.75 Å². The van der Waals surface area contributed by atoms with E-state index in [1.807, 2.05) is 24.3 Å². The van der Waals surface area contributed by atoms with E-state index in [9.17, 15) is 0 Å². The molecule has 0 saturated carbocycles. The summed E-state index contributed by atoms with van der Waals surface area (Å²) in [6.07, 6.45) is 0. The van der Waals surface area contributed by atoms with Gasteiger partial charge in [-0.15, -0.1) is 10.2 Å². The van der Waals surface area contributed by atoms with Crippen LogP contribution in [-0.4, -0.2) is 20.4 Å². The molecule has 0 saturated heterocycles. The van der Waals surface area contributed by atoms with Crippen molar-refractivity contribution >= 4 is 39.9 Å². The monoisotopic (exact) mass is 277 g/mol. The number of aromatic nitrogens is 3. The predicted octanol–water partition coefficient (Wildman–Crippen LogP) is 3.96. The molecule has 0 atom stereocenters. The Morgan fingerprint density at radius 2 is 2.11 bits per heavy atom. The van der Waals surface area contributed by atoms with Crippen molar-refractivity contribution in [2.24, 2.45) is 0 Å². The van der Waals surface area contributed by atoms with Gasteiger partial charge in [0.05, 0.1) is 5.52 Å². The van der Waals surface area contributed by atoms with Gasteiger partial charge in [-0.1, -0.05) is 30.3 Å². The number of fused-ring (bicyclic) bond motifs is 3. The number of benzene rings is 1. The van der Waals surface area contributed by atoms with Gasteiger partial charge in [-0.2, -0.15) is 0 Å². The van der Waals surface area contributed by atoms with Crippen LogP contribution in [0.2, 0.25) is 5.02 Å². The van der Waals surface area contributed by atoms with Crippen LogP contribution in [-0.2, 0) is 0 Å². The molecular weight excluding hydrogens is 266 g/mol. The van der Waals surface area contributed by atoms with Crippen molar-refractivity contribution in [3.63, 3.8) is 0 Å². The van der Waals surface area contributed by atoms with Crippen LogP contribution in [0.5, 0.6) is 0 Å². The van der Waals surface area contributed by atoms with Crippen molar-refractivity contribution in [1.29, 1.82) is 0 Å². The highest BCUT2D eigenvalue weighted by atomic mass is 35.5. The van der Waals surface area contributed by atoms with Crippen LogP contribution in [0.1, 0.15) is 12.5 Å². The third-order valence-corrected chi connectivity index (χ3v) is 3.95. The predicted molar refractivity (Wildman–Crippen MR) is 76.6 cm³/mol. The average Bonchev–Trinajstić information content (AvgIpc) is 2.73. The molecule has 0 fully saturated rings. The quantitative estimate of drug-likeness (QED) is 0.664. The molecular formula is C13H12ClN3S. The lowest BCUT2D eigenvalue weighted by Crippen LogP contribution is -1.93. The number of aryl methyl sites for hydroxylation is 1. The summed E-state index contributed by atoms with van der Waals surface area (Å²) in [5, 5.41) is 11.3. The molecule has 5 heteroatoms. The molecule has 0 aliphatic carbocycles. The van der Waals surface area contributed by atoms with E-state index >= 15 is 0 Å². The number of halogens is 1. The maximum atomic E-state index is 6.07. The first-order valence-corrected chi connectivity index (χ1v) is 7.14. The van der Waals surface area contributed by atoms with Crippen molar-refractivity contribution in [1.82, 2.24) is 14.6 Å². The van der Waals surface area contributed by atoms with Gasteiger partial charge in [0.2, 0.25) is 0 Å². The Morgan fingerprint density at radius 1 is 1.28 bits per heavy atom. The van der Waals surface area contributed by atoms with E-state index < -0.39 is 0 Å². The lowest BCUT2D eigenvalue weighted by Gasteiger charge is -2.07. The number of hydrogen-bond acceptors (Lipinski definition) is 3. The van der Waals surface area contributed by atoms with Crippen molar-refractivity contribution in [2.45, 2.75) is 19.0 Å². The van der Waals surface area contributed by atoms with Gasteiger partial charge in [-0.3, -0.25) is 4.40 Å². The standard InChI is InChI=1S/C13H12ClN3S/c1-3-18-13-16-15-12-6-8(2)10-7-9(14)4-5-11(10)17(12)13/h4-7H,3H2,1-2H3. The van der Waals surface area contributed by atoms with Gasteiger partial charge in [-0.25, -0.2) is 0 Å². The summed E-state index contributed by atoms with van der Waals surface area (Å²) in [7, 11) is 0. The zero-order chi connectivity index (χ0) is 12.7. The average molecular weight is 278 g/mol. The molecule has 92 valence electrons. The Morgan fingerprint density at radius 3 is 2.89 bits per heavy atom. The highest BCUT2D eigenvalue weighted by Crippen LogP contribution is 2.27. The second-order valence-electron chi connectivity index (χ2n) is 4.10. The van der Waals surface area contributed by atoms with Crippen molar-refractivity contribution in [3.05, 3.63) is 34.9 Å². The highest BCUT2D eigenvalue weighted by Gasteiger charge is 2.11. The Bertz CT molecular complexity index is 736. The van der Waals surface area contributed by atoms with Crippen molar-refractivity contribution < 1.29 is 0 Å². The number of nitrogens with zero attached hydrogens (tertiary/aromatic N) is 3.